The van der Waals surface area contributed by atoms with Crippen LogP contribution in [0.4, 0.5) is 5.69 Å². The molecule has 110 valence electrons. The van der Waals surface area contributed by atoms with Gasteiger partial charge < -0.3 is 15.2 Å². The molecule has 10 nitrogen and oxygen atoms in total. The number of rotatable bonds is 5. The number of hydroxylamine groups is 1. The number of anilines is 1. The minimum atomic E-state index is -0.338. The number of ether oxygens (including phenoxy) is 2. The highest BCUT2D eigenvalue weighted by molar-refractivity contribution is 5.93. The van der Waals surface area contributed by atoms with E-state index >= 15 is 0 Å². The second-order valence-electron chi connectivity index (χ2n) is 3.36. The van der Waals surface area contributed by atoms with Crippen LogP contribution in [0.3, 0.4) is 0 Å². The summed E-state index contributed by atoms with van der Waals surface area (Å²) in [6.07, 6.45) is 1.15. The van der Waals surface area contributed by atoms with Gasteiger partial charge in [0.1, 0.15) is 5.69 Å². The second-order valence-corrected chi connectivity index (χ2v) is 3.36. The zero-order chi connectivity index (χ0) is 15.1. The van der Waals surface area contributed by atoms with Gasteiger partial charge in [0, 0.05) is 0 Å². The van der Waals surface area contributed by atoms with Gasteiger partial charge in [0.05, 0.1) is 26.0 Å². The lowest BCUT2D eigenvalue weighted by molar-refractivity contribution is 0.0289. The summed E-state index contributed by atoms with van der Waals surface area (Å²) in [6, 6.07) is 2.86. The van der Waals surface area contributed by atoms with Gasteiger partial charge in [0.15, 0.2) is 11.5 Å². The first-order valence-electron chi connectivity index (χ1n) is 5.24. The van der Waals surface area contributed by atoms with Gasteiger partial charge in [0.25, 0.3) is 0 Å². The number of benzene rings is 1. The SMILES string of the molecule is COc1ccc(N(O)O)c(C=N/N=C(/N)NO)c1OC. The van der Waals surface area contributed by atoms with Crippen LogP contribution in [-0.4, -0.2) is 42.0 Å². The molecule has 6 N–H and O–H groups in total. The molecule has 0 aliphatic rings. The molecule has 0 amide bonds. The van der Waals surface area contributed by atoms with Gasteiger partial charge in [-0.2, -0.15) is 5.10 Å². The molecule has 0 heterocycles. The van der Waals surface area contributed by atoms with Crippen molar-refractivity contribution >= 4 is 17.9 Å². The smallest absolute Gasteiger partial charge is 0.237 e. The fourth-order valence-corrected chi connectivity index (χ4v) is 1.41. The van der Waals surface area contributed by atoms with Gasteiger partial charge in [-0.15, -0.1) is 10.3 Å². The van der Waals surface area contributed by atoms with Crippen LogP contribution in [0.15, 0.2) is 22.3 Å². The normalized spacial score (nSPS) is 11.6. The predicted octanol–water partition coefficient (Wildman–Crippen LogP) is -0.0840. The van der Waals surface area contributed by atoms with Crippen molar-refractivity contribution in [2.24, 2.45) is 15.9 Å². The number of hydrogen-bond donors (Lipinski definition) is 5. The molecule has 0 aliphatic carbocycles. The summed E-state index contributed by atoms with van der Waals surface area (Å²) in [5, 5.41) is 33.6. The Labute approximate surface area is 114 Å². The highest BCUT2D eigenvalue weighted by Crippen LogP contribution is 2.35. The Bertz CT molecular complexity index is 517. The van der Waals surface area contributed by atoms with Crippen molar-refractivity contribution in [3.05, 3.63) is 17.7 Å². The number of nitrogens with two attached hydrogens (primary N) is 1. The first-order valence-corrected chi connectivity index (χ1v) is 5.24. The van der Waals surface area contributed by atoms with E-state index in [1.165, 1.54) is 26.4 Å². The average Bonchev–Trinajstić information content (AvgIpc) is 2.45. The van der Waals surface area contributed by atoms with Gasteiger partial charge in [-0.1, -0.05) is 0 Å². The van der Waals surface area contributed by atoms with Gasteiger partial charge >= 0.3 is 0 Å². The molecule has 0 radical (unpaired) electrons. The molecule has 0 bridgehead atoms. The van der Waals surface area contributed by atoms with Crippen LogP contribution < -0.4 is 25.9 Å². The molecule has 1 aromatic carbocycles. The molecule has 0 fully saturated rings. The van der Waals surface area contributed by atoms with Crippen molar-refractivity contribution < 1.29 is 25.1 Å². The standard InChI is InChI=1S/C10H15N5O5/c1-19-8-4-3-7(15(17)18)6(9(8)20-2)5-12-13-10(11)14-16/h3-5,16-18H,1-2H3,(H3,11,13,14). The van der Waals surface area contributed by atoms with E-state index in [0.717, 1.165) is 6.21 Å². The lowest BCUT2D eigenvalue weighted by Gasteiger charge is -2.16. The zero-order valence-electron chi connectivity index (χ0n) is 10.8. The topological polar surface area (TPSA) is 145 Å². The summed E-state index contributed by atoms with van der Waals surface area (Å²) >= 11 is 0. The summed E-state index contributed by atoms with van der Waals surface area (Å²) in [4.78, 5) is 0. The van der Waals surface area contributed by atoms with E-state index in [2.05, 4.69) is 10.2 Å². The predicted molar refractivity (Wildman–Crippen MR) is 69.7 cm³/mol. The zero-order valence-corrected chi connectivity index (χ0v) is 10.8. The van der Waals surface area contributed by atoms with Gasteiger partial charge in [-0.25, -0.2) is 5.48 Å². The summed E-state index contributed by atoms with van der Waals surface area (Å²) in [6.45, 7) is 0. The Morgan fingerprint density at radius 3 is 2.55 bits per heavy atom. The second kappa shape index (κ2) is 7.13. The van der Waals surface area contributed by atoms with Gasteiger partial charge in [-0.3, -0.25) is 15.6 Å². The Morgan fingerprint density at radius 1 is 1.35 bits per heavy atom. The maximum Gasteiger partial charge on any atom is 0.237 e. The van der Waals surface area contributed by atoms with E-state index in [1.54, 1.807) is 5.48 Å². The third-order valence-corrected chi connectivity index (χ3v) is 2.24. The van der Waals surface area contributed by atoms with Crippen molar-refractivity contribution in [3.63, 3.8) is 0 Å². The van der Waals surface area contributed by atoms with Crippen molar-refractivity contribution in [3.8, 4) is 11.5 Å². The summed E-state index contributed by atoms with van der Waals surface area (Å²) in [7, 11) is 2.81. The summed E-state index contributed by atoms with van der Waals surface area (Å²) in [5.74, 6) is 0.235. The monoisotopic (exact) mass is 285 g/mol. The van der Waals surface area contributed by atoms with Crippen LogP contribution >= 0.6 is 0 Å². The fourth-order valence-electron chi connectivity index (χ4n) is 1.41. The van der Waals surface area contributed by atoms with E-state index in [0.29, 0.717) is 5.75 Å². The molecule has 20 heavy (non-hydrogen) atoms. The maximum absolute atomic E-state index is 9.16. The number of guanidine groups is 1. The molecule has 0 atom stereocenters. The molecular formula is C10H15N5O5. The minimum absolute atomic E-state index is 0.0165. The molecule has 1 rings (SSSR count). The molecule has 0 saturated heterocycles. The van der Waals surface area contributed by atoms with Crippen LogP contribution in [0.25, 0.3) is 0 Å². The van der Waals surface area contributed by atoms with Crippen molar-refractivity contribution in [1.82, 2.24) is 5.48 Å². The Hall–Kier alpha value is -2.56. The minimum Gasteiger partial charge on any atom is -0.493 e. The largest absolute Gasteiger partial charge is 0.493 e. The van der Waals surface area contributed by atoms with Crippen molar-refractivity contribution in [1.29, 1.82) is 0 Å². The van der Waals surface area contributed by atoms with Gasteiger partial charge in [0.2, 0.25) is 5.96 Å². The maximum atomic E-state index is 9.16. The molecule has 10 heteroatoms. The lowest BCUT2D eigenvalue weighted by atomic mass is 10.1. The molecule has 0 aliphatic heterocycles. The summed E-state index contributed by atoms with van der Waals surface area (Å²) in [5.41, 5.74) is 6.93. The highest BCUT2D eigenvalue weighted by atomic mass is 16.8. The van der Waals surface area contributed by atoms with E-state index in [1.807, 2.05) is 0 Å². The molecule has 0 saturated carbocycles. The third kappa shape index (κ3) is 3.47. The van der Waals surface area contributed by atoms with E-state index in [4.69, 9.17) is 30.8 Å². The first-order chi connectivity index (χ1) is 9.54. The van der Waals surface area contributed by atoms with Crippen molar-refractivity contribution in [2.75, 3.05) is 19.4 Å². The summed E-state index contributed by atoms with van der Waals surface area (Å²) < 4.78 is 10.2. The fraction of sp³-hybridized carbons (Fsp3) is 0.200. The number of nitrogens with zero attached hydrogens (tertiary/aromatic N) is 3. The molecular weight excluding hydrogens is 270 g/mol. The molecule has 0 aromatic heterocycles. The quantitative estimate of drug-likeness (QED) is 0.287. The van der Waals surface area contributed by atoms with Crippen LogP contribution in [0.5, 0.6) is 11.5 Å². The van der Waals surface area contributed by atoms with E-state index in [9.17, 15) is 0 Å². The van der Waals surface area contributed by atoms with Crippen molar-refractivity contribution in [2.45, 2.75) is 0 Å². The van der Waals surface area contributed by atoms with Crippen LogP contribution in [0.2, 0.25) is 0 Å². The Morgan fingerprint density at radius 2 is 2.05 bits per heavy atom. The average molecular weight is 285 g/mol. The number of nitrogens with one attached hydrogen (secondary N) is 1. The molecule has 0 spiro atoms. The lowest BCUT2D eigenvalue weighted by Crippen LogP contribution is -2.27. The van der Waals surface area contributed by atoms with E-state index in [-0.39, 0.29) is 28.2 Å². The third-order valence-electron chi connectivity index (χ3n) is 2.24. The van der Waals surface area contributed by atoms with Crippen LogP contribution in [0, 0.1) is 0 Å². The van der Waals surface area contributed by atoms with Crippen LogP contribution in [0.1, 0.15) is 5.56 Å². The van der Waals surface area contributed by atoms with E-state index < -0.39 is 0 Å². The highest BCUT2D eigenvalue weighted by Gasteiger charge is 2.16. The first kappa shape index (κ1) is 15.5. The molecule has 0 unspecified atom stereocenters. The Balaban J connectivity index is 3.32. The Kier molecular flexibility index (Phi) is 5.53. The number of hydrogen-bond acceptors (Lipinski definition) is 8. The molecule has 1 aromatic rings. The van der Waals surface area contributed by atoms with Gasteiger partial charge in [-0.05, 0) is 12.1 Å². The number of methoxy groups -OCH3 is 2. The van der Waals surface area contributed by atoms with Crippen LogP contribution in [-0.2, 0) is 0 Å².